The number of esters is 1. The van der Waals surface area contributed by atoms with Gasteiger partial charge in [-0.15, -0.1) is 0 Å². The Balaban J connectivity index is 3.39. The summed E-state index contributed by atoms with van der Waals surface area (Å²) >= 11 is 0. The number of hydrogen-bond donors (Lipinski definition) is 1. The molecular formula is C4H9O5P. The van der Waals surface area contributed by atoms with Gasteiger partial charge in [-0.1, -0.05) is 0 Å². The monoisotopic (exact) mass is 168 g/mol. The van der Waals surface area contributed by atoms with Gasteiger partial charge in [0.2, 0.25) is 6.79 Å². The molecule has 0 saturated heterocycles. The minimum Gasteiger partial charge on any atom is -0.438 e. The summed E-state index contributed by atoms with van der Waals surface area (Å²) in [5, 5.41) is 0. The lowest BCUT2D eigenvalue weighted by Crippen LogP contribution is -2.02. The Kier molecular flexibility index (Phi) is 3.57. The predicted molar refractivity (Wildman–Crippen MR) is 33.5 cm³/mol. The molecule has 1 atom stereocenters. The van der Waals surface area contributed by atoms with E-state index < -0.39 is 20.4 Å². The standard InChI is InChI=1S/C4H9O5P/c1-4(5)8-3-9-10(2,6)7/h3H2,1-2H3,(H,6,7). The van der Waals surface area contributed by atoms with Crippen molar-refractivity contribution in [1.29, 1.82) is 0 Å². The third kappa shape index (κ3) is 7.62. The molecule has 0 aromatic heterocycles. The summed E-state index contributed by atoms with van der Waals surface area (Å²) in [6.45, 7) is 1.72. The van der Waals surface area contributed by atoms with Crippen LogP contribution in [0.2, 0.25) is 0 Å². The maximum atomic E-state index is 10.3. The Hall–Kier alpha value is -0.380. The van der Waals surface area contributed by atoms with E-state index in [1.165, 1.54) is 6.92 Å². The number of hydrogen-bond acceptors (Lipinski definition) is 4. The second-order valence-corrected chi connectivity index (χ2v) is 3.55. The predicted octanol–water partition coefficient (Wildman–Crippen LogP) is 0.339. The highest BCUT2D eigenvalue weighted by molar-refractivity contribution is 7.51. The first-order chi connectivity index (χ1) is 4.42. The van der Waals surface area contributed by atoms with E-state index in [0.717, 1.165) is 6.66 Å². The van der Waals surface area contributed by atoms with Gasteiger partial charge in [0.05, 0.1) is 0 Å². The van der Waals surface area contributed by atoms with Crippen LogP contribution in [0.1, 0.15) is 6.92 Å². The second-order valence-electron chi connectivity index (χ2n) is 1.69. The molecule has 0 heterocycles. The molecule has 1 N–H and O–H groups in total. The Labute approximate surface area is 58.5 Å². The molecule has 0 bridgehead atoms. The molecule has 6 heteroatoms. The van der Waals surface area contributed by atoms with Crippen molar-refractivity contribution in [2.24, 2.45) is 0 Å². The van der Waals surface area contributed by atoms with Crippen LogP contribution in [0.5, 0.6) is 0 Å². The molecule has 60 valence electrons. The molecule has 0 aromatic carbocycles. The van der Waals surface area contributed by atoms with Crippen molar-refractivity contribution in [3.05, 3.63) is 0 Å². The average Bonchev–Trinajstić information content (AvgIpc) is 1.59. The number of carbonyl (C=O) groups is 1. The Bertz CT molecular complexity index is 159. The van der Waals surface area contributed by atoms with Crippen molar-refractivity contribution in [2.45, 2.75) is 6.92 Å². The fourth-order valence-corrected chi connectivity index (χ4v) is 0.455. The summed E-state index contributed by atoms with van der Waals surface area (Å²) in [4.78, 5) is 18.5. The molecule has 0 rings (SSSR count). The average molecular weight is 168 g/mol. The topological polar surface area (TPSA) is 72.8 Å². The summed E-state index contributed by atoms with van der Waals surface area (Å²) in [5.74, 6) is -0.548. The Morgan fingerprint density at radius 1 is 1.70 bits per heavy atom. The molecule has 0 amide bonds. The fourth-order valence-electron chi connectivity index (χ4n) is 0.207. The van der Waals surface area contributed by atoms with Gasteiger partial charge in [-0.2, -0.15) is 0 Å². The van der Waals surface area contributed by atoms with Crippen LogP contribution >= 0.6 is 7.60 Å². The van der Waals surface area contributed by atoms with Gasteiger partial charge in [0.1, 0.15) is 0 Å². The molecule has 0 spiro atoms. The number of ether oxygens (including phenoxy) is 1. The van der Waals surface area contributed by atoms with Gasteiger partial charge in [0.25, 0.3) is 0 Å². The minimum absolute atomic E-state index is 0.473. The van der Waals surface area contributed by atoms with E-state index >= 15 is 0 Å². The van der Waals surface area contributed by atoms with E-state index in [1.54, 1.807) is 0 Å². The molecule has 0 aliphatic heterocycles. The highest BCUT2D eigenvalue weighted by atomic mass is 31.2. The highest BCUT2D eigenvalue weighted by Gasteiger charge is 2.09. The van der Waals surface area contributed by atoms with Gasteiger partial charge in [0, 0.05) is 13.6 Å². The van der Waals surface area contributed by atoms with E-state index in [9.17, 15) is 9.36 Å². The molecule has 0 aliphatic rings. The zero-order chi connectivity index (χ0) is 8.20. The van der Waals surface area contributed by atoms with Crippen LogP contribution in [0.25, 0.3) is 0 Å². The summed E-state index contributed by atoms with van der Waals surface area (Å²) < 4.78 is 18.8. The quantitative estimate of drug-likeness (QED) is 0.373. The van der Waals surface area contributed by atoms with Crippen molar-refractivity contribution in [1.82, 2.24) is 0 Å². The van der Waals surface area contributed by atoms with E-state index in [4.69, 9.17) is 4.89 Å². The maximum absolute atomic E-state index is 10.3. The van der Waals surface area contributed by atoms with Crippen LogP contribution in [0, 0.1) is 0 Å². The van der Waals surface area contributed by atoms with E-state index in [0.29, 0.717) is 0 Å². The van der Waals surface area contributed by atoms with Gasteiger partial charge in [-0.3, -0.25) is 13.9 Å². The summed E-state index contributed by atoms with van der Waals surface area (Å²) in [6, 6.07) is 0. The molecule has 0 aliphatic carbocycles. The van der Waals surface area contributed by atoms with Crippen LogP contribution in [0.3, 0.4) is 0 Å². The molecule has 0 saturated carbocycles. The smallest absolute Gasteiger partial charge is 0.327 e. The fraction of sp³-hybridized carbons (Fsp3) is 0.750. The van der Waals surface area contributed by atoms with E-state index in [-0.39, 0.29) is 0 Å². The van der Waals surface area contributed by atoms with Gasteiger partial charge in [0.15, 0.2) is 0 Å². The molecule has 5 nitrogen and oxygen atoms in total. The van der Waals surface area contributed by atoms with Gasteiger partial charge in [-0.05, 0) is 0 Å². The largest absolute Gasteiger partial charge is 0.438 e. The van der Waals surface area contributed by atoms with Crippen LogP contribution in [0.15, 0.2) is 0 Å². The van der Waals surface area contributed by atoms with Crippen LogP contribution < -0.4 is 0 Å². The molecular weight excluding hydrogens is 159 g/mol. The SMILES string of the molecule is CC(=O)OCOP(C)(=O)O. The molecule has 0 radical (unpaired) electrons. The second kappa shape index (κ2) is 3.71. The van der Waals surface area contributed by atoms with Gasteiger partial charge in [-0.25, -0.2) is 0 Å². The van der Waals surface area contributed by atoms with Gasteiger partial charge < -0.3 is 9.63 Å². The lowest BCUT2D eigenvalue weighted by molar-refractivity contribution is -0.147. The first kappa shape index (κ1) is 9.62. The van der Waals surface area contributed by atoms with E-state index in [2.05, 4.69) is 9.26 Å². The van der Waals surface area contributed by atoms with Crippen LogP contribution in [-0.4, -0.2) is 24.3 Å². The normalized spacial score (nSPS) is 15.9. The molecule has 0 fully saturated rings. The third-order valence-electron chi connectivity index (χ3n) is 0.554. The van der Waals surface area contributed by atoms with Crippen LogP contribution in [-0.2, 0) is 18.6 Å². The van der Waals surface area contributed by atoms with E-state index in [1.807, 2.05) is 0 Å². The zero-order valence-corrected chi connectivity index (χ0v) is 6.63. The lowest BCUT2D eigenvalue weighted by Gasteiger charge is -2.05. The number of carbonyl (C=O) groups excluding carboxylic acids is 1. The first-order valence-corrected chi connectivity index (χ1v) is 4.52. The Morgan fingerprint density at radius 2 is 2.20 bits per heavy atom. The maximum Gasteiger partial charge on any atom is 0.327 e. The minimum atomic E-state index is -3.50. The van der Waals surface area contributed by atoms with Crippen molar-refractivity contribution in [2.75, 3.05) is 13.5 Å². The third-order valence-corrected chi connectivity index (χ3v) is 1.14. The van der Waals surface area contributed by atoms with Crippen molar-refractivity contribution < 1.29 is 23.5 Å². The molecule has 0 aromatic rings. The highest BCUT2D eigenvalue weighted by Crippen LogP contribution is 2.35. The molecule has 1 unspecified atom stereocenters. The Morgan fingerprint density at radius 3 is 2.50 bits per heavy atom. The first-order valence-electron chi connectivity index (χ1n) is 2.50. The molecule has 10 heavy (non-hydrogen) atoms. The zero-order valence-electron chi connectivity index (χ0n) is 5.73. The van der Waals surface area contributed by atoms with Crippen molar-refractivity contribution >= 4 is 13.6 Å². The summed E-state index contributed by atoms with van der Waals surface area (Å²) in [7, 11) is -3.50. The van der Waals surface area contributed by atoms with Crippen molar-refractivity contribution in [3.8, 4) is 0 Å². The van der Waals surface area contributed by atoms with Gasteiger partial charge >= 0.3 is 13.6 Å². The van der Waals surface area contributed by atoms with Crippen LogP contribution in [0.4, 0.5) is 0 Å². The lowest BCUT2D eigenvalue weighted by atomic mass is 10.8. The summed E-state index contributed by atoms with van der Waals surface area (Å²) in [5.41, 5.74) is 0. The number of rotatable bonds is 3. The summed E-state index contributed by atoms with van der Waals surface area (Å²) in [6.07, 6.45) is 0. The van der Waals surface area contributed by atoms with Crippen molar-refractivity contribution in [3.63, 3.8) is 0 Å².